The van der Waals surface area contributed by atoms with Crippen LogP contribution in [-0.4, -0.2) is 19.5 Å². The van der Waals surface area contributed by atoms with E-state index in [1.807, 2.05) is 5.70 Å². The van der Waals surface area contributed by atoms with Gasteiger partial charge < -0.3 is 4.12 Å². The van der Waals surface area contributed by atoms with Crippen LogP contribution in [0.1, 0.15) is 26.2 Å². The van der Waals surface area contributed by atoms with Crippen LogP contribution in [0.4, 0.5) is 0 Å². The molecule has 0 aromatic heterocycles. The molecule has 0 aromatic rings. The van der Waals surface area contributed by atoms with Crippen LogP contribution in [0.5, 0.6) is 0 Å². The molecular weight excluding hydrogens is 156 g/mol. The molecule has 0 saturated heterocycles. The minimum absolute atomic E-state index is 0.891. The van der Waals surface area contributed by atoms with Gasteiger partial charge in [0.05, 0.1) is 0 Å². The topological polar surface area (TPSA) is 9.23 Å². The highest BCUT2D eigenvalue weighted by Crippen LogP contribution is 2.04. The summed E-state index contributed by atoms with van der Waals surface area (Å²) in [6.07, 6.45) is 3.99. The Hall–Kier alpha value is 0.134. The maximum atomic E-state index is 5.41. The van der Waals surface area contributed by atoms with Gasteiger partial charge in [0, 0.05) is 0 Å². The second-order valence-corrected chi connectivity index (χ2v) is 6.52. The fourth-order valence-corrected chi connectivity index (χ4v) is 3.57. The Bertz CT molecular complexity index is 85.7. The van der Waals surface area contributed by atoms with E-state index in [2.05, 4.69) is 13.5 Å². The fourth-order valence-electron chi connectivity index (χ4n) is 0.927. The summed E-state index contributed by atoms with van der Waals surface area (Å²) in [6.45, 7) is 6.00. The summed E-state index contributed by atoms with van der Waals surface area (Å²) in [5.74, 6) is 0. The molecule has 60 valence electrons. The summed E-state index contributed by atoms with van der Waals surface area (Å²) >= 11 is 0. The van der Waals surface area contributed by atoms with Crippen molar-refractivity contribution in [3.05, 3.63) is 12.3 Å². The van der Waals surface area contributed by atoms with Gasteiger partial charge in [-0.15, -0.1) is 6.58 Å². The Kier molecular flexibility index (Phi) is 7.34. The van der Waals surface area contributed by atoms with Crippen molar-refractivity contribution in [2.75, 3.05) is 0 Å². The van der Waals surface area contributed by atoms with E-state index in [1.54, 1.807) is 0 Å². The molecule has 3 heteroatoms. The monoisotopic (exact) mass is 174 g/mol. The number of hydrogen-bond acceptors (Lipinski definition) is 1. The first kappa shape index (κ1) is 10.1. The van der Waals surface area contributed by atoms with E-state index in [0.717, 1.165) is 10.5 Å². The van der Waals surface area contributed by atoms with Crippen LogP contribution < -0.4 is 0 Å². The second-order valence-electron chi connectivity index (χ2n) is 2.51. The van der Waals surface area contributed by atoms with Gasteiger partial charge in [0.2, 0.25) is 0 Å². The molecule has 0 aliphatic carbocycles. The van der Waals surface area contributed by atoms with Gasteiger partial charge in [0.1, 0.15) is 10.5 Å². The lowest BCUT2D eigenvalue weighted by molar-refractivity contribution is 0.628. The first-order valence-corrected chi connectivity index (χ1v) is 6.77. The molecule has 0 heterocycles. The fraction of sp³-hybridized carbons (Fsp3) is 0.714. The summed E-state index contributed by atoms with van der Waals surface area (Å²) < 4.78 is 5.41. The average Bonchev–Trinajstić information content (AvgIpc) is 1.99. The van der Waals surface area contributed by atoms with Crippen molar-refractivity contribution < 1.29 is 4.12 Å². The molecule has 0 saturated carbocycles. The molecule has 0 rings (SSSR count). The lowest BCUT2D eigenvalue weighted by atomic mass is 10.3. The normalized spacial score (nSPS) is 13.3. The molecule has 0 radical (unpaired) electrons. The van der Waals surface area contributed by atoms with Crippen molar-refractivity contribution in [2.45, 2.75) is 32.2 Å². The summed E-state index contributed by atoms with van der Waals surface area (Å²) in [4.78, 5) is 0. The third-order valence-electron chi connectivity index (χ3n) is 1.66. The van der Waals surface area contributed by atoms with Gasteiger partial charge in [-0.25, -0.2) is 0 Å². The Labute approximate surface area is 68.7 Å². The van der Waals surface area contributed by atoms with E-state index >= 15 is 0 Å². The second kappa shape index (κ2) is 7.24. The maximum absolute atomic E-state index is 5.41. The van der Waals surface area contributed by atoms with Crippen molar-refractivity contribution >= 4 is 19.5 Å². The van der Waals surface area contributed by atoms with Crippen molar-refractivity contribution in [1.82, 2.24) is 0 Å². The highest BCUT2D eigenvalue weighted by molar-refractivity contribution is 6.60. The molecule has 0 aliphatic rings. The Morgan fingerprint density at radius 1 is 1.60 bits per heavy atom. The first-order valence-electron chi connectivity index (χ1n) is 4.00. The van der Waals surface area contributed by atoms with Gasteiger partial charge in [-0.05, 0) is 6.04 Å². The zero-order chi connectivity index (χ0) is 7.82. The largest absolute Gasteiger partial charge is 0.463 e. The van der Waals surface area contributed by atoms with Gasteiger partial charge in [0.15, 0.2) is 9.04 Å². The molecule has 1 unspecified atom stereocenters. The SMILES string of the molecule is C=C[SiH](CCCCC)O[SiH3]. The molecular formula is C7H18OSi2. The molecule has 0 N–H and O–H groups in total. The third-order valence-corrected chi connectivity index (χ3v) is 5.58. The van der Waals surface area contributed by atoms with Crippen LogP contribution in [0.25, 0.3) is 0 Å². The van der Waals surface area contributed by atoms with Crippen LogP contribution >= 0.6 is 0 Å². The van der Waals surface area contributed by atoms with Crippen LogP contribution in [0.15, 0.2) is 12.3 Å². The molecule has 0 bridgehead atoms. The maximum Gasteiger partial charge on any atom is 0.187 e. The Morgan fingerprint density at radius 3 is 2.70 bits per heavy atom. The molecule has 0 aromatic carbocycles. The van der Waals surface area contributed by atoms with E-state index in [-0.39, 0.29) is 0 Å². The highest BCUT2D eigenvalue weighted by Gasteiger charge is 2.01. The van der Waals surface area contributed by atoms with Gasteiger partial charge in [-0.3, -0.25) is 0 Å². The smallest absolute Gasteiger partial charge is 0.187 e. The molecule has 0 spiro atoms. The lowest BCUT2D eigenvalue weighted by Crippen LogP contribution is -2.12. The van der Waals surface area contributed by atoms with Crippen LogP contribution in [0.2, 0.25) is 6.04 Å². The molecule has 0 amide bonds. The van der Waals surface area contributed by atoms with Crippen LogP contribution in [0, 0.1) is 0 Å². The van der Waals surface area contributed by atoms with E-state index < -0.39 is 9.04 Å². The first-order chi connectivity index (χ1) is 4.85. The van der Waals surface area contributed by atoms with Gasteiger partial charge in [0.25, 0.3) is 0 Å². The van der Waals surface area contributed by atoms with Gasteiger partial charge in [-0.1, -0.05) is 31.9 Å². The van der Waals surface area contributed by atoms with E-state index in [4.69, 9.17) is 4.12 Å². The summed E-state index contributed by atoms with van der Waals surface area (Å²) in [7, 11) is -0.00747. The minimum atomic E-state index is -0.898. The average molecular weight is 174 g/mol. The van der Waals surface area contributed by atoms with E-state index in [1.165, 1.54) is 25.3 Å². The zero-order valence-electron chi connectivity index (χ0n) is 7.10. The molecule has 1 atom stereocenters. The molecule has 0 aliphatic heterocycles. The zero-order valence-corrected chi connectivity index (χ0v) is 10.3. The number of rotatable bonds is 6. The lowest BCUT2D eigenvalue weighted by Gasteiger charge is -2.06. The van der Waals surface area contributed by atoms with E-state index in [0.29, 0.717) is 0 Å². The van der Waals surface area contributed by atoms with Crippen LogP contribution in [0.3, 0.4) is 0 Å². The Morgan fingerprint density at radius 2 is 2.30 bits per heavy atom. The summed E-state index contributed by atoms with van der Waals surface area (Å²) in [5, 5.41) is 0. The Balaban J connectivity index is 3.17. The van der Waals surface area contributed by atoms with Gasteiger partial charge in [-0.2, -0.15) is 0 Å². The predicted octanol–water partition coefficient (Wildman–Crippen LogP) is 0.923. The van der Waals surface area contributed by atoms with Crippen molar-refractivity contribution in [3.8, 4) is 0 Å². The van der Waals surface area contributed by atoms with Gasteiger partial charge >= 0.3 is 0 Å². The minimum Gasteiger partial charge on any atom is -0.463 e. The number of hydrogen-bond donors (Lipinski definition) is 0. The van der Waals surface area contributed by atoms with Crippen molar-refractivity contribution in [1.29, 1.82) is 0 Å². The van der Waals surface area contributed by atoms with Crippen molar-refractivity contribution in [2.24, 2.45) is 0 Å². The quantitative estimate of drug-likeness (QED) is 0.430. The standard InChI is InChI=1S/C7H18OSi2/c1-3-5-6-7-10(4-2)8-9/h4,10H,2-3,5-7H2,1,9H3. The predicted molar refractivity (Wildman–Crippen MR) is 52.7 cm³/mol. The number of unbranched alkanes of at least 4 members (excludes halogenated alkanes) is 2. The highest BCUT2D eigenvalue weighted by atomic mass is 28.3. The van der Waals surface area contributed by atoms with Crippen LogP contribution in [-0.2, 0) is 4.12 Å². The van der Waals surface area contributed by atoms with E-state index in [9.17, 15) is 0 Å². The third kappa shape index (κ3) is 4.96. The summed E-state index contributed by atoms with van der Waals surface area (Å²) in [6, 6.07) is 1.29. The molecule has 10 heavy (non-hydrogen) atoms. The molecule has 1 nitrogen and oxygen atoms in total. The summed E-state index contributed by atoms with van der Waals surface area (Å²) in [5.41, 5.74) is 2.04. The molecule has 0 fully saturated rings. The van der Waals surface area contributed by atoms with Crippen molar-refractivity contribution in [3.63, 3.8) is 0 Å².